The summed E-state index contributed by atoms with van der Waals surface area (Å²) in [5, 5.41) is 9.82. The molecular weight excluding hydrogens is 976 g/mol. The molecule has 0 aromatic carbocycles. The standard InChI is InChI=1S/C64H101O11P/c1-4-7-10-13-16-19-22-25-27-29-30-32-34-37-40-43-46-49-52-55-64(68)75-61(57-71-62(66)53-50-47-44-41-38-35-24-21-18-15-12-9-6-3)59-73-76(69,70)72-58-60(56-65)74-63(67)54-51-48-45-42-39-36-33-31-28-26-23-20-17-14-11-8-5-2/h7-12,16-21,25-28,30,32-33,35-36,38,44,47,60-61,65H,4-6,13-15,22-24,29,31,34,37,39-43,45-46,48-59H2,1-3H3,(H,69,70)/b10-7-,11-8-,12-9-,19-16-,20-17-,21-18-,27-25-,28-26-,32-30-,36-33-,38-35-,47-44-. The number of aliphatic hydroxyl groups excluding tert-OH is 1. The van der Waals surface area contributed by atoms with Gasteiger partial charge in [0.05, 0.1) is 19.8 Å². The lowest BCUT2D eigenvalue weighted by Crippen LogP contribution is -2.30. The normalized spacial score (nSPS) is 14.4. The summed E-state index contributed by atoms with van der Waals surface area (Å²) in [6.07, 6.45) is 72.5. The number of ether oxygens (including phenoxy) is 3. The van der Waals surface area contributed by atoms with Crippen LogP contribution in [0.4, 0.5) is 0 Å². The van der Waals surface area contributed by atoms with Gasteiger partial charge in [-0.05, 0) is 122 Å². The SMILES string of the molecule is CC/C=C\C/C=C\C/C=C\C/C=C\CCCCCCCCC(=O)OC(COC(=O)CC/C=C\C/C=C\C/C=C\C/C=C\CC)COP(=O)(O)OCC(CO)OC(=O)CCCCCC/C=C\C/C=C\C/C=C\C/C=C\CC. The van der Waals surface area contributed by atoms with E-state index < -0.39 is 57.8 Å². The van der Waals surface area contributed by atoms with Gasteiger partial charge in [0.1, 0.15) is 12.7 Å². The van der Waals surface area contributed by atoms with Crippen LogP contribution in [-0.4, -0.2) is 66.5 Å². The lowest BCUT2D eigenvalue weighted by atomic mass is 10.1. The molecule has 11 nitrogen and oxygen atoms in total. The second-order valence-corrected chi connectivity index (χ2v) is 19.8. The Balaban J connectivity index is 4.84. The highest BCUT2D eigenvalue weighted by molar-refractivity contribution is 7.47. The van der Waals surface area contributed by atoms with Crippen LogP contribution in [0.3, 0.4) is 0 Å². The van der Waals surface area contributed by atoms with Crippen LogP contribution in [0.1, 0.15) is 201 Å². The Kier molecular flexibility index (Phi) is 53.1. The number of aliphatic hydroxyl groups is 1. The van der Waals surface area contributed by atoms with Gasteiger partial charge in [-0.3, -0.25) is 23.4 Å². The number of unbranched alkanes of at least 4 members (excludes halogenated alkanes) is 10. The van der Waals surface area contributed by atoms with Gasteiger partial charge in [-0.25, -0.2) is 4.57 Å². The largest absolute Gasteiger partial charge is 0.472 e. The van der Waals surface area contributed by atoms with Gasteiger partial charge in [-0.15, -0.1) is 0 Å². The summed E-state index contributed by atoms with van der Waals surface area (Å²) in [5.74, 6) is -1.62. The number of rotatable bonds is 51. The van der Waals surface area contributed by atoms with Crippen molar-refractivity contribution in [2.45, 2.75) is 213 Å². The first-order valence-electron chi connectivity index (χ1n) is 28.7. The maximum atomic E-state index is 12.9. The van der Waals surface area contributed by atoms with Crippen molar-refractivity contribution in [1.29, 1.82) is 0 Å². The lowest BCUT2D eigenvalue weighted by Gasteiger charge is -2.21. The molecule has 0 aliphatic heterocycles. The zero-order valence-corrected chi connectivity index (χ0v) is 48.0. The Morgan fingerprint density at radius 3 is 1.04 bits per heavy atom. The fraction of sp³-hybridized carbons (Fsp3) is 0.578. The van der Waals surface area contributed by atoms with E-state index in [1.807, 2.05) is 12.2 Å². The molecule has 0 heterocycles. The van der Waals surface area contributed by atoms with E-state index in [2.05, 4.69) is 154 Å². The molecule has 0 amide bonds. The molecule has 0 aliphatic rings. The van der Waals surface area contributed by atoms with E-state index in [1.54, 1.807) is 0 Å². The topological polar surface area (TPSA) is 155 Å². The minimum Gasteiger partial charge on any atom is -0.462 e. The molecule has 0 spiro atoms. The van der Waals surface area contributed by atoms with E-state index in [0.29, 0.717) is 19.3 Å². The van der Waals surface area contributed by atoms with Crippen molar-refractivity contribution in [2.75, 3.05) is 26.4 Å². The van der Waals surface area contributed by atoms with E-state index in [4.69, 9.17) is 23.3 Å². The van der Waals surface area contributed by atoms with Gasteiger partial charge in [-0.2, -0.15) is 0 Å². The van der Waals surface area contributed by atoms with Crippen LogP contribution in [0.5, 0.6) is 0 Å². The lowest BCUT2D eigenvalue weighted by molar-refractivity contribution is -0.161. The first-order valence-corrected chi connectivity index (χ1v) is 30.2. The summed E-state index contributed by atoms with van der Waals surface area (Å²) in [6, 6.07) is 0. The Labute approximate surface area is 461 Å². The first kappa shape index (κ1) is 71.4. The summed E-state index contributed by atoms with van der Waals surface area (Å²) in [5.41, 5.74) is 0. The van der Waals surface area contributed by atoms with Gasteiger partial charge in [0.15, 0.2) is 6.10 Å². The highest BCUT2D eigenvalue weighted by Crippen LogP contribution is 2.43. The first-order chi connectivity index (χ1) is 37.2. The van der Waals surface area contributed by atoms with Crippen LogP contribution in [0.2, 0.25) is 0 Å². The molecule has 0 rings (SSSR count). The Hall–Kier alpha value is -4.64. The van der Waals surface area contributed by atoms with Crippen LogP contribution >= 0.6 is 7.82 Å². The van der Waals surface area contributed by atoms with Crippen LogP contribution in [0, 0.1) is 0 Å². The molecule has 3 atom stereocenters. The van der Waals surface area contributed by atoms with E-state index in [0.717, 1.165) is 141 Å². The molecule has 0 aliphatic carbocycles. The molecule has 0 saturated heterocycles. The maximum Gasteiger partial charge on any atom is 0.472 e. The Bertz CT molecular complexity index is 1830. The highest BCUT2D eigenvalue weighted by atomic mass is 31.2. The molecule has 0 radical (unpaired) electrons. The summed E-state index contributed by atoms with van der Waals surface area (Å²) < 4.78 is 39.4. The second kappa shape index (κ2) is 56.6. The molecule has 76 heavy (non-hydrogen) atoms. The van der Waals surface area contributed by atoms with Gasteiger partial charge in [0, 0.05) is 19.3 Å². The minimum atomic E-state index is -4.79. The molecule has 0 fully saturated rings. The third kappa shape index (κ3) is 54.2. The van der Waals surface area contributed by atoms with Crippen molar-refractivity contribution in [1.82, 2.24) is 0 Å². The van der Waals surface area contributed by atoms with E-state index in [1.165, 1.54) is 0 Å². The highest BCUT2D eigenvalue weighted by Gasteiger charge is 2.28. The molecular formula is C64H101O11P. The van der Waals surface area contributed by atoms with E-state index in [-0.39, 0.29) is 25.9 Å². The molecule has 3 unspecified atom stereocenters. The maximum absolute atomic E-state index is 12.9. The van der Waals surface area contributed by atoms with Crippen LogP contribution in [0.25, 0.3) is 0 Å². The number of phosphoric ester groups is 1. The molecule has 12 heteroatoms. The van der Waals surface area contributed by atoms with Crippen molar-refractivity contribution < 1.29 is 52.2 Å². The molecule has 2 N–H and O–H groups in total. The number of allylic oxidation sites excluding steroid dienone is 24. The third-order valence-corrected chi connectivity index (χ3v) is 12.2. The fourth-order valence-electron chi connectivity index (χ4n) is 7.00. The number of hydrogen-bond acceptors (Lipinski definition) is 10. The second-order valence-electron chi connectivity index (χ2n) is 18.3. The number of hydrogen-bond donors (Lipinski definition) is 2. The van der Waals surface area contributed by atoms with Crippen LogP contribution in [-0.2, 0) is 42.2 Å². The minimum absolute atomic E-state index is 0.0920. The predicted molar refractivity (Wildman–Crippen MR) is 316 cm³/mol. The number of phosphoric acid groups is 1. The fourth-order valence-corrected chi connectivity index (χ4v) is 7.78. The Morgan fingerprint density at radius 2 is 0.671 bits per heavy atom. The molecule has 0 saturated carbocycles. The van der Waals surface area contributed by atoms with E-state index in [9.17, 15) is 28.9 Å². The monoisotopic (exact) mass is 1080 g/mol. The number of carbonyl (C=O) groups is 3. The third-order valence-electron chi connectivity index (χ3n) is 11.3. The summed E-state index contributed by atoms with van der Waals surface area (Å²) in [7, 11) is -4.79. The average molecular weight is 1080 g/mol. The van der Waals surface area contributed by atoms with Crippen molar-refractivity contribution in [2.24, 2.45) is 0 Å². The predicted octanol–water partition coefficient (Wildman–Crippen LogP) is 17.1. The van der Waals surface area contributed by atoms with Crippen molar-refractivity contribution in [3.63, 3.8) is 0 Å². The number of esters is 3. The van der Waals surface area contributed by atoms with Gasteiger partial charge in [0.2, 0.25) is 0 Å². The Morgan fingerprint density at radius 1 is 0.368 bits per heavy atom. The summed E-state index contributed by atoms with van der Waals surface area (Å²) in [6.45, 7) is 4.15. The quantitative estimate of drug-likeness (QED) is 0.0197. The molecule has 0 aromatic rings. The van der Waals surface area contributed by atoms with Crippen LogP contribution < -0.4 is 0 Å². The van der Waals surface area contributed by atoms with Gasteiger partial charge in [0.25, 0.3) is 0 Å². The summed E-state index contributed by atoms with van der Waals surface area (Å²) in [4.78, 5) is 48.5. The summed E-state index contributed by atoms with van der Waals surface area (Å²) >= 11 is 0. The molecule has 0 aromatic heterocycles. The average Bonchev–Trinajstić information content (AvgIpc) is 3.41. The van der Waals surface area contributed by atoms with Crippen molar-refractivity contribution in [3.8, 4) is 0 Å². The zero-order chi connectivity index (χ0) is 55.5. The van der Waals surface area contributed by atoms with Crippen molar-refractivity contribution in [3.05, 3.63) is 146 Å². The van der Waals surface area contributed by atoms with Crippen molar-refractivity contribution >= 4 is 25.7 Å². The molecule has 0 bridgehead atoms. The number of carbonyl (C=O) groups excluding carboxylic acids is 3. The van der Waals surface area contributed by atoms with E-state index >= 15 is 0 Å². The van der Waals surface area contributed by atoms with Crippen LogP contribution in [0.15, 0.2) is 146 Å². The van der Waals surface area contributed by atoms with Gasteiger partial charge >= 0.3 is 25.7 Å². The zero-order valence-electron chi connectivity index (χ0n) is 47.2. The smallest absolute Gasteiger partial charge is 0.462 e. The molecule has 428 valence electrons. The van der Waals surface area contributed by atoms with Gasteiger partial charge in [-0.1, -0.05) is 205 Å². The van der Waals surface area contributed by atoms with Gasteiger partial charge < -0.3 is 24.2 Å².